The lowest BCUT2D eigenvalue weighted by molar-refractivity contribution is -0.144. The Hall–Kier alpha value is -2.51. The number of hydrogen-bond acceptors (Lipinski definition) is 4. The number of amides is 1. The number of rotatable bonds is 19. The minimum Gasteiger partial charge on any atom is -0.480 e. The Balaban J connectivity index is 3.99. The molecule has 0 aromatic rings. The van der Waals surface area contributed by atoms with Gasteiger partial charge in [0.2, 0.25) is 5.91 Å². The number of carboxylic acid groups (broad SMARTS) is 1. The van der Waals surface area contributed by atoms with Crippen LogP contribution in [0.25, 0.3) is 0 Å². The largest absolute Gasteiger partial charge is 0.480 e. The Labute approximate surface area is 209 Å². The van der Waals surface area contributed by atoms with Gasteiger partial charge in [-0.1, -0.05) is 79.8 Å². The van der Waals surface area contributed by atoms with Gasteiger partial charge >= 0.3 is 13.8 Å². The molecule has 35 heavy (non-hydrogen) atoms. The van der Waals surface area contributed by atoms with Crippen molar-refractivity contribution in [1.29, 1.82) is 0 Å². The van der Waals surface area contributed by atoms with Crippen molar-refractivity contribution in [1.82, 2.24) is 5.32 Å². The summed E-state index contributed by atoms with van der Waals surface area (Å²) in [4.78, 5) is 40.7. The molecule has 0 aliphatic carbocycles. The molecule has 0 spiro atoms. The number of phosphoric acid groups is 1. The van der Waals surface area contributed by atoms with Gasteiger partial charge in [0.1, 0.15) is 0 Å². The third kappa shape index (κ3) is 21.7. The first-order valence-electron chi connectivity index (χ1n) is 11.8. The number of hydrogen-bond donors (Lipinski definition) is 4. The number of phosphoric ester groups is 1. The average Bonchev–Trinajstić information content (AvgIpc) is 2.77. The fourth-order valence-corrected chi connectivity index (χ4v) is 3.31. The summed E-state index contributed by atoms with van der Waals surface area (Å²) in [7, 11) is -4.86. The fraction of sp³-hybridized carbons (Fsp3) is 0.462. The standard InChI is InChI=1S/C26H40NO7P/c1-3-4-5-6-7-8-9-10-11-12-13-14-15-16-17-18-19-20-21-22-24(28)27-25(26(29)30)23(2)34-35(31,32)33/h4-5,7-8,10-11,13-14,16-17,19-20,23,25H,3,6,9,12,15,18,21-22H2,1-2H3,(H,27,28)(H,29,30)(H2,31,32,33)/b5-4?,8-7?,11-10?,14-13?,17-16?,20-19-/t23-,25+/m1/s1. The number of carbonyl (C=O) groups is 2. The van der Waals surface area contributed by atoms with Crippen LogP contribution in [-0.4, -0.2) is 38.9 Å². The second kappa shape index (κ2) is 20.8. The highest BCUT2D eigenvalue weighted by atomic mass is 31.2. The molecular formula is C26H40NO7P. The van der Waals surface area contributed by atoms with Crippen LogP contribution in [0.2, 0.25) is 0 Å². The maximum atomic E-state index is 11.9. The van der Waals surface area contributed by atoms with Crippen molar-refractivity contribution in [2.45, 2.75) is 77.4 Å². The maximum Gasteiger partial charge on any atom is 0.469 e. The van der Waals surface area contributed by atoms with Crippen LogP contribution in [0.1, 0.15) is 65.2 Å². The lowest BCUT2D eigenvalue weighted by Crippen LogP contribution is -2.48. The van der Waals surface area contributed by atoms with Crippen molar-refractivity contribution in [2.75, 3.05) is 0 Å². The summed E-state index contributed by atoms with van der Waals surface area (Å²) in [5.41, 5.74) is 0. The molecule has 196 valence electrons. The molecular weight excluding hydrogens is 469 g/mol. The normalized spacial score (nSPS) is 14.9. The van der Waals surface area contributed by atoms with Gasteiger partial charge in [0.05, 0.1) is 6.10 Å². The summed E-state index contributed by atoms with van der Waals surface area (Å²) in [6.07, 6.45) is 29.6. The van der Waals surface area contributed by atoms with E-state index in [1.165, 1.54) is 6.92 Å². The number of nitrogens with one attached hydrogen (secondary N) is 1. The molecule has 0 rings (SSSR count). The van der Waals surface area contributed by atoms with E-state index in [-0.39, 0.29) is 6.42 Å². The van der Waals surface area contributed by atoms with Crippen LogP contribution in [0.5, 0.6) is 0 Å². The van der Waals surface area contributed by atoms with Gasteiger partial charge in [0, 0.05) is 6.42 Å². The first-order valence-corrected chi connectivity index (χ1v) is 13.4. The number of aliphatic carboxylic acids is 1. The van der Waals surface area contributed by atoms with Crippen molar-refractivity contribution in [3.63, 3.8) is 0 Å². The summed E-state index contributed by atoms with van der Waals surface area (Å²) in [5, 5.41) is 11.4. The Morgan fingerprint density at radius 1 is 0.800 bits per heavy atom. The van der Waals surface area contributed by atoms with Crippen molar-refractivity contribution >= 4 is 19.7 Å². The first-order chi connectivity index (χ1) is 16.7. The zero-order valence-corrected chi connectivity index (χ0v) is 21.6. The van der Waals surface area contributed by atoms with E-state index in [9.17, 15) is 14.2 Å². The third-order valence-corrected chi connectivity index (χ3v) is 5.10. The number of carboxylic acids is 1. The van der Waals surface area contributed by atoms with E-state index in [1.54, 1.807) is 0 Å². The predicted molar refractivity (Wildman–Crippen MR) is 140 cm³/mol. The number of allylic oxidation sites excluding steroid dienone is 12. The Morgan fingerprint density at radius 2 is 1.20 bits per heavy atom. The van der Waals surface area contributed by atoms with E-state index in [2.05, 4.69) is 71.4 Å². The summed E-state index contributed by atoms with van der Waals surface area (Å²) >= 11 is 0. The van der Waals surface area contributed by atoms with E-state index in [0.717, 1.165) is 38.5 Å². The molecule has 1 amide bonds. The average molecular weight is 510 g/mol. The van der Waals surface area contributed by atoms with Crippen LogP contribution < -0.4 is 5.32 Å². The van der Waals surface area contributed by atoms with Gasteiger partial charge in [0.15, 0.2) is 6.04 Å². The second-order valence-corrected chi connectivity index (χ2v) is 8.83. The van der Waals surface area contributed by atoms with Gasteiger partial charge in [-0.15, -0.1) is 0 Å². The summed E-state index contributed by atoms with van der Waals surface area (Å²) < 4.78 is 15.2. The SMILES string of the molecule is CCC=CCC=CCC=CCC=CCC=CC/C=C\CCC(=O)N[C@H](C(=O)O)[C@@H](C)OP(=O)(O)O. The Kier molecular flexibility index (Phi) is 19.3. The smallest absolute Gasteiger partial charge is 0.469 e. The van der Waals surface area contributed by atoms with Crippen molar-refractivity contribution in [3.8, 4) is 0 Å². The molecule has 0 saturated heterocycles. The molecule has 0 fully saturated rings. The highest BCUT2D eigenvalue weighted by Crippen LogP contribution is 2.38. The van der Waals surface area contributed by atoms with Crippen molar-refractivity contribution in [3.05, 3.63) is 72.9 Å². The van der Waals surface area contributed by atoms with E-state index >= 15 is 0 Å². The topological polar surface area (TPSA) is 133 Å². The van der Waals surface area contributed by atoms with E-state index in [1.807, 2.05) is 18.2 Å². The summed E-state index contributed by atoms with van der Waals surface area (Å²) in [6.45, 7) is 3.30. The molecule has 0 unspecified atom stereocenters. The molecule has 8 nitrogen and oxygen atoms in total. The second-order valence-electron chi connectivity index (χ2n) is 7.64. The molecule has 0 aliphatic heterocycles. The van der Waals surface area contributed by atoms with E-state index in [4.69, 9.17) is 14.9 Å². The minimum absolute atomic E-state index is 0.0502. The molecule has 0 bridgehead atoms. The van der Waals surface area contributed by atoms with Gasteiger partial charge in [-0.05, 0) is 51.9 Å². The summed E-state index contributed by atoms with van der Waals surface area (Å²) in [5.74, 6) is -1.98. The zero-order valence-electron chi connectivity index (χ0n) is 20.7. The van der Waals surface area contributed by atoms with Crippen LogP contribution in [0.4, 0.5) is 0 Å². The van der Waals surface area contributed by atoms with Crippen LogP contribution in [0.3, 0.4) is 0 Å². The fourth-order valence-electron chi connectivity index (χ4n) is 2.76. The van der Waals surface area contributed by atoms with Crippen LogP contribution in [-0.2, 0) is 18.7 Å². The van der Waals surface area contributed by atoms with Gasteiger partial charge in [-0.2, -0.15) is 0 Å². The third-order valence-electron chi connectivity index (χ3n) is 4.49. The van der Waals surface area contributed by atoms with E-state index in [0.29, 0.717) is 6.42 Å². The monoisotopic (exact) mass is 509 g/mol. The maximum absolute atomic E-state index is 11.9. The van der Waals surface area contributed by atoms with Gasteiger partial charge < -0.3 is 20.2 Å². The molecule has 9 heteroatoms. The molecule has 0 aromatic heterocycles. The summed E-state index contributed by atoms with van der Waals surface area (Å²) in [6, 6.07) is -1.56. The lowest BCUT2D eigenvalue weighted by Gasteiger charge is -2.21. The van der Waals surface area contributed by atoms with Gasteiger partial charge in [0.25, 0.3) is 0 Å². The molecule has 0 aliphatic rings. The van der Waals surface area contributed by atoms with Crippen molar-refractivity contribution < 1.29 is 33.6 Å². The Morgan fingerprint density at radius 3 is 1.57 bits per heavy atom. The van der Waals surface area contributed by atoms with Gasteiger partial charge in [-0.25, -0.2) is 9.36 Å². The Bertz CT molecular complexity index is 822. The molecule has 4 N–H and O–H groups in total. The molecule has 2 atom stereocenters. The van der Waals surface area contributed by atoms with Crippen LogP contribution >= 0.6 is 7.82 Å². The molecule has 0 aromatic carbocycles. The van der Waals surface area contributed by atoms with Crippen molar-refractivity contribution in [2.24, 2.45) is 0 Å². The van der Waals surface area contributed by atoms with Crippen LogP contribution in [0.15, 0.2) is 72.9 Å². The molecule has 0 saturated carbocycles. The van der Waals surface area contributed by atoms with Gasteiger partial charge in [-0.3, -0.25) is 9.32 Å². The zero-order chi connectivity index (χ0) is 26.4. The van der Waals surface area contributed by atoms with E-state index < -0.39 is 31.8 Å². The molecule has 0 radical (unpaired) electrons. The quantitative estimate of drug-likeness (QED) is 0.133. The number of carbonyl (C=O) groups excluding carboxylic acids is 1. The molecule has 0 heterocycles. The lowest BCUT2D eigenvalue weighted by atomic mass is 10.1. The highest BCUT2D eigenvalue weighted by molar-refractivity contribution is 7.46. The minimum atomic E-state index is -4.86. The van der Waals surface area contributed by atoms with Crippen LogP contribution in [0, 0.1) is 0 Å². The first kappa shape index (κ1) is 32.5. The predicted octanol–water partition coefficient (Wildman–Crippen LogP) is 5.53. The highest BCUT2D eigenvalue weighted by Gasteiger charge is 2.31.